The number of nitrogens with one attached hydrogen (secondary N) is 2. The molecule has 0 spiro atoms. The van der Waals surface area contributed by atoms with Crippen molar-refractivity contribution in [2.45, 2.75) is 25.7 Å². The summed E-state index contributed by atoms with van der Waals surface area (Å²) in [6.45, 7) is 4.09. The zero-order valence-corrected chi connectivity index (χ0v) is 10.3. The highest BCUT2D eigenvalue weighted by atomic mass is 32.1. The molecule has 1 aliphatic carbocycles. The van der Waals surface area contributed by atoms with E-state index in [2.05, 4.69) is 17.2 Å². The van der Waals surface area contributed by atoms with Crippen LogP contribution in [0.3, 0.4) is 0 Å². The van der Waals surface area contributed by atoms with Crippen LogP contribution in [-0.4, -0.2) is 14.1 Å². The molecule has 82 valence electrons. The molecule has 1 aromatic heterocycles. The minimum absolute atomic E-state index is 1.04. The molecule has 0 saturated carbocycles. The lowest BCUT2D eigenvalue weighted by Gasteiger charge is -2.14. The summed E-state index contributed by atoms with van der Waals surface area (Å²) in [5, 5.41) is 7.72. The molecule has 0 bridgehead atoms. The lowest BCUT2D eigenvalue weighted by molar-refractivity contribution is 0.695. The average Bonchev–Trinajstić information content (AvgIpc) is 2.66. The number of hydrogen-bond acceptors (Lipinski definition) is 3. The van der Waals surface area contributed by atoms with Gasteiger partial charge < -0.3 is 10.6 Å². The first kappa shape index (κ1) is 10.6. The van der Waals surface area contributed by atoms with Crippen molar-refractivity contribution in [1.82, 2.24) is 5.32 Å². The van der Waals surface area contributed by atoms with Crippen molar-refractivity contribution in [2.24, 2.45) is 0 Å². The van der Waals surface area contributed by atoms with Crippen LogP contribution in [0.4, 0.5) is 5.00 Å². The van der Waals surface area contributed by atoms with E-state index in [1.165, 1.54) is 41.8 Å². The molecule has 0 saturated heterocycles. The number of anilines is 1. The van der Waals surface area contributed by atoms with Crippen LogP contribution in [0.1, 0.15) is 28.8 Å². The Morgan fingerprint density at radius 2 is 2.00 bits per heavy atom. The van der Waals surface area contributed by atoms with E-state index in [1.54, 1.807) is 4.88 Å². The third-order valence-electron chi connectivity index (χ3n) is 3.00. The number of thiophene rings is 1. The summed E-state index contributed by atoms with van der Waals surface area (Å²) in [5.41, 5.74) is 3.88. The maximum Gasteiger partial charge on any atom is 0.0980 e. The monoisotopic (exact) mass is 222 g/mol. The standard InChI is InChI=1S/C12H18N2S/c1-8(13-2)11-9-6-4-5-7-10(9)15-12(11)14-3/h13-14H,1,4-7H2,2-3H3. The van der Waals surface area contributed by atoms with Gasteiger partial charge in [0.25, 0.3) is 0 Å². The van der Waals surface area contributed by atoms with Gasteiger partial charge in [-0.05, 0) is 31.2 Å². The fourth-order valence-electron chi connectivity index (χ4n) is 2.19. The van der Waals surface area contributed by atoms with E-state index in [0.717, 1.165) is 5.70 Å². The summed E-state index contributed by atoms with van der Waals surface area (Å²) < 4.78 is 0. The van der Waals surface area contributed by atoms with Crippen molar-refractivity contribution >= 4 is 22.0 Å². The van der Waals surface area contributed by atoms with Gasteiger partial charge in [0, 0.05) is 30.2 Å². The first-order chi connectivity index (χ1) is 7.27. The molecule has 0 unspecified atom stereocenters. The largest absolute Gasteiger partial charge is 0.388 e. The molecule has 1 aliphatic rings. The highest BCUT2D eigenvalue weighted by molar-refractivity contribution is 7.16. The topological polar surface area (TPSA) is 24.1 Å². The van der Waals surface area contributed by atoms with Crippen molar-refractivity contribution in [1.29, 1.82) is 0 Å². The van der Waals surface area contributed by atoms with Crippen LogP contribution in [-0.2, 0) is 12.8 Å². The number of rotatable bonds is 3. The predicted molar refractivity (Wildman–Crippen MR) is 68.6 cm³/mol. The third kappa shape index (κ3) is 1.76. The number of fused-ring (bicyclic) bond motifs is 1. The molecule has 1 aromatic rings. The zero-order valence-electron chi connectivity index (χ0n) is 9.44. The number of aryl methyl sites for hydroxylation is 1. The third-order valence-corrected chi connectivity index (χ3v) is 4.31. The van der Waals surface area contributed by atoms with E-state index >= 15 is 0 Å². The van der Waals surface area contributed by atoms with Crippen LogP contribution in [0.25, 0.3) is 5.70 Å². The van der Waals surface area contributed by atoms with E-state index in [1.807, 2.05) is 25.4 Å². The minimum atomic E-state index is 1.04. The first-order valence-electron chi connectivity index (χ1n) is 5.47. The van der Waals surface area contributed by atoms with Crippen LogP contribution in [0.5, 0.6) is 0 Å². The summed E-state index contributed by atoms with van der Waals surface area (Å²) >= 11 is 1.89. The average molecular weight is 222 g/mol. The van der Waals surface area contributed by atoms with Gasteiger partial charge >= 0.3 is 0 Å². The van der Waals surface area contributed by atoms with Crippen molar-refractivity contribution in [3.63, 3.8) is 0 Å². The molecular formula is C12H18N2S. The van der Waals surface area contributed by atoms with E-state index in [-0.39, 0.29) is 0 Å². The molecule has 3 heteroatoms. The molecule has 2 N–H and O–H groups in total. The Morgan fingerprint density at radius 3 is 2.67 bits per heavy atom. The lowest BCUT2D eigenvalue weighted by Crippen LogP contribution is -2.08. The molecule has 15 heavy (non-hydrogen) atoms. The fraction of sp³-hybridized carbons (Fsp3) is 0.500. The molecule has 0 radical (unpaired) electrons. The molecule has 0 aromatic carbocycles. The second-order valence-corrected chi connectivity index (χ2v) is 5.00. The maximum absolute atomic E-state index is 4.09. The summed E-state index contributed by atoms with van der Waals surface area (Å²) in [6.07, 6.45) is 5.11. The van der Waals surface area contributed by atoms with Gasteiger partial charge in [0.1, 0.15) is 0 Å². The Morgan fingerprint density at radius 1 is 1.27 bits per heavy atom. The molecule has 1 heterocycles. The van der Waals surface area contributed by atoms with Gasteiger partial charge in [0.2, 0.25) is 0 Å². The Kier molecular flexibility index (Phi) is 3.00. The quantitative estimate of drug-likeness (QED) is 0.821. The van der Waals surface area contributed by atoms with Crippen LogP contribution >= 0.6 is 11.3 Å². The van der Waals surface area contributed by atoms with E-state index in [0.29, 0.717) is 0 Å². The normalized spacial score (nSPS) is 14.5. The fourth-order valence-corrected chi connectivity index (χ4v) is 3.46. The number of hydrogen-bond donors (Lipinski definition) is 2. The minimum Gasteiger partial charge on any atom is -0.388 e. The first-order valence-corrected chi connectivity index (χ1v) is 6.29. The van der Waals surface area contributed by atoms with Gasteiger partial charge in [-0.2, -0.15) is 0 Å². The lowest BCUT2D eigenvalue weighted by atomic mass is 9.94. The highest BCUT2D eigenvalue weighted by Crippen LogP contribution is 2.40. The molecule has 0 fully saturated rings. The molecule has 0 aliphatic heterocycles. The molecule has 2 rings (SSSR count). The SMILES string of the molecule is C=C(NC)c1c(NC)sc2c1CCCC2. The van der Waals surface area contributed by atoms with Gasteiger partial charge in [-0.1, -0.05) is 6.58 Å². The van der Waals surface area contributed by atoms with Gasteiger partial charge in [0.05, 0.1) is 5.00 Å². The Bertz CT molecular complexity index is 379. The summed E-state index contributed by atoms with van der Waals surface area (Å²) in [4.78, 5) is 1.55. The highest BCUT2D eigenvalue weighted by Gasteiger charge is 2.21. The van der Waals surface area contributed by atoms with Crippen molar-refractivity contribution in [3.05, 3.63) is 22.6 Å². The van der Waals surface area contributed by atoms with Gasteiger partial charge in [-0.25, -0.2) is 0 Å². The van der Waals surface area contributed by atoms with Gasteiger partial charge in [-0.3, -0.25) is 0 Å². The summed E-state index contributed by atoms with van der Waals surface area (Å²) in [7, 11) is 3.93. The van der Waals surface area contributed by atoms with E-state index < -0.39 is 0 Å². The summed E-state index contributed by atoms with van der Waals surface area (Å²) in [6, 6.07) is 0. The van der Waals surface area contributed by atoms with Crippen molar-refractivity contribution < 1.29 is 0 Å². The molecular weight excluding hydrogens is 204 g/mol. The zero-order chi connectivity index (χ0) is 10.8. The Balaban J connectivity index is 2.49. The molecule has 0 atom stereocenters. The Labute approximate surface area is 95.4 Å². The molecule has 0 amide bonds. The molecule has 2 nitrogen and oxygen atoms in total. The van der Waals surface area contributed by atoms with Gasteiger partial charge in [0.15, 0.2) is 0 Å². The smallest absolute Gasteiger partial charge is 0.0980 e. The Hall–Kier alpha value is -0.960. The van der Waals surface area contributed by atoms with Crippen LogP contribution in [0, 0.1) is 0 Å². The van der Waals surface area contributed by atoms with Crippen LogP contribution < -0.4 is 10.6 Å². The predicted octanol–water partition coefficient (Wildman–Crippen LogP) is 2.86. The van der Waals surface area contributed by atoms with Crippen LogP contribution in [0.2, 0.25) is 0 Å². The maximum atomic E-state index is 4.09. The van der Waals surface area contributed by atoms with E-state index in [9.17, 15) is 0 Å². The van der Waals surface area contributed by atoms with E-state index in [4.69, 9.17) is 0 Å². The summed E-state index contributed by atoms with van der Waals surface area (Å²) in [5.74, 6) is 0. The van der Waals surface area contributed by atoms with Crippen LogP contribution in [0.15, 0.2) is 6.58 Å². The second-order valence-electron chi connectivity index (χ2n) is 3.89. The second kappa shape index (κ2) is 4.27. The van der Waals surface area contributed by atoms with Gasteiger partial charge in [-0.15, -0.1) is 11.3 Å². The van der Waals surface area contributed by atoms with Crippen molar-refractivity contribution in [2.75, 3.05) is 19.4 Å². The van der Waals surface area contributed by atoms with Crippen molar-refractivity contribution in [3.8, 4) is 0 Å².